The maximum Gasteiger partial charge on any atom is 0.255 e. The number of hydrogen-bond acceptors (Lipinski definition) is 3. The van der Waals surface area contributed by atoms with Crippen LogP contribution in [0.1, 0.15) is 54.2 Å². The molecule has 4 rings (SSSR count). The van der Waals surface area contributed by atoms with E-state index >= 15 is 0 Å². The molecule has 1 saturated heterocycles. The molecule has 8 heteroatoms. The highest BCUT2D eigenvalue weighted by molar-refractivity contribution is 5.95. The number of halogens is 3. The van der Waals surface area contributed by atoms with Crippen LogP contribution in [0.15, 0.2) is 48.7 Å². The summed E-state index contributed by atoms with van der Waals surface area (Å²) in [6, 6.07) is 10.0. The lowest BCUT2D eigenvalue weighted by Crippen LogP contribution is -2.44. The van der Waals surface area contributed by atoms with Gasteiger partial charge in [0.2, 0.25) is 0 Å². The van der Waals surface area contributed by atoms with E-state index in [2.05, 4.69) is 15.3 Å². The van der Waals surface area contributed by atoms with Gasteiger partial charge in [0, 0.05) is 25.7 Å². The fraction of sp³-hybridized carbons (Fsp3) is 0.360. The number of piperidine rings is 1. The minimum Gasteiger partial charge on any atom is -0.349 e. The smallest absolute Gasteiger partial charge is 0.255 e. The lowest BCUT2D eigenvalue weighted by atomic mass is 10.0. The van der Waals surface area contributed by atoms with Crippen LogP contribution in [0.4, 0.5) is 13.2 Å². The maximum absolute atomic E-state index is 13.5. The van der Waals surface area contributed by atoms with Crippen molar-refractivity contribution in [2.45, 2.75) is 45.2 Å². The predicted octanol–water partition coefficient (Wildman–Crippen LogP) is 4.81. The molecule has 0 spiro atoms. The SMILES string of the molecule is CC(C)c1c(C(=O)NC2CCN(Cc3ccc(F)c(F)c3)CC2)cnn1-c1ccc(F)cc1. The lowest BCUT2D eigenvalue weighted by molar-refractivity contribution is 0.0907. The predicted molar refractivity (Wildman–Crippen MR) is 120 cm³/mol. The third-order valence-corrected chi connectivity index (χ3v) is 5.98. The van der Waals surface area contributed by atoms with E-state index in [1.165, 1.54) is 18.2 Å². The van der Waals surface area contributed by atoms with Gasteiger partial charge < -0.3 is 5.32 Å². The third-order valence-electron chi connectivity index (χ3n) is 5.98. The molecular formula is C25H27F3N4O. The topological polar surface area (TPSA) is 50.2 Å². The second kappa shape index (κ2) is 9.79. The summed E-state index contributed by atoms with van der Waals surface area (Å²) in [6.45, 7) is 6.01. The highest BCUT2D eigenvalue weighted by Crippen LogP contribution is 2.24. The van der Waals surface area contributed by atoms with E-state index in [0.29, 0.717) is 17.8 Å². The molecule has 0 aliphatic carbocycles. The van der Waals surface area contributed by atoms with E-state index in [9.17, 15) is 18.0 Å². The molecule has 5 nitrogen and oxygen atoms in total. The first-order chi connectivity index (χ1) is 15.8. The van der Waals surface area contributed by atoms with Crippen molar-refractivity contribution in [2.75, 3.05) is 13.1 Å². The van der Waals surface area contributed by atoms with Gasteiger partial charge >= 0.3 is 0 Å². The average molecular weight is 457 g/mol. The van der Waals surface area contributed by atoms with Crippen molar-refractivity contribution in [1.82, 2.24) is 20.0 Å². The second-order valence-corrected chi connectivity index (χ2v) is 8.76. The van der Waals surface area contributed by atoms with Crippen molar-refractivity contribution in [3.63, 3.8) is 0 Å². The number of hydrogen-bond donors (Lipinski definition) is 1. The van der Waals surface area contributed by atoms with Crippen LogP contribution in [-0.2, 0) is 6.54 Å². The Morgan fingerprint density at radius 2 is 1.76 bits per heavy atom. The Balaban J connectivity index is 1.39. The normalized spacial score (nSPS) is 15.2. The first-order valence-corrected chi connectivity index (χ1v) is 11.1. The summed E-state index contributed by atoms with van der Waals surface area (Å²) in [7, 11) is 0. The molecule has 3 aromatic rings. The molecule has 0 atom stereocenters. The quantitative estimate of drug-likeness (QED) is 0.579. The molecule has 2 heterocycles. The molecule has 0 radical (unpaired) electrons. The van der Waals surface area contributed by atoms with E-state index in [0.717, 1.165) is 43.3 Å². The first kappa shape index (κ1) is 23.0. The minimum atomic E-state index is -0.844. The van der Waals surface area contributed by atoms with Crippen molar-refractivity contribution in [2.24, 2.45) is 0 Å². The summed E-state index contributed by atoms with van der Waals surface area (Å²) in [5.74, 6) is -2.14. The average Bonchev–Trinajstić information content (AvgIpc) is 3.24. The number of nitrogens with zero attached hydrogens (tertiary/aromatic N) is 3. The molecule has 1 fully saturated rings. The highest BCUT2D eigenvalue weighted by Gasteiger charge is 2.25. The van der Waals surface area contributed by atoms with Crippen LogP contribution in [0.3, 0.4) is 0 Å². The van der Waals surface area contributed by atoms with Crippen LogP contribution in [0.25, 0.3) is 5.69 Å². The molecule has 1 amide bonds. The Kier molecular flexibility index (Phi) is 6.83. The zero-order chi connectivity index (χ0) is 23.5. The molecule has 1 aliphatic heterocycles. The Labute approximate surface area is 191 Å². The van der Waals surface area contributed by atoms with Crippen LogP contribution < -0.4 is 5.32 Å². The zero-order valence-electron chi connectivity index (χ0n) is 18.7. The standard InChI is InChI=1S/C25H27F3N4O/c1-16(2)24-21(14-29-32(24)20-6-4-18(26)5-7-20)25(33)30-19-9-11-31(12-10-19)15-17-3-8-22(27)23(28)13-17/h3-8,13-14,16,19H,9-12,15H2,1-2H3,(H,30,33). The van der Waals surface area contributed by atoms with E-state index in [1.54, 1.807) is 29.1 Å². The number of amides is 1. The molecule has 1 aliphatic rings. The second-order valence-electron chi connectivity index (χ2n) is 8.76. The van der Waals surface area contributed by atoms with Gasteiger partial charge in [-0.05, 0) is 60.7 Å². The number of rotatable bonds is 6. The lowest BCUT2D eigenvalue weighted by Gasteiger charge is -2.32. The largest absolute Gasteiger partial charge is 0.349 e. The van der Waals surface area contributed by atoms with Crippen LogP contribution in [0.5, 0.6) is 0 Å². The van der Waals surface area contributed by atoms with E-state index in [4.69, 9.17) is 0 Å². The number of benzene rings is 2. The summed E-state index contributed by atoms with van der Waals surface area (Å²) in [5.41, 5.74) is 2.71. The molecule has 33 heavy (non-hydrogen) atoms. The van der Waals surface area contributed by atoms with Crippen molar-refractivity contribution in [1.29, 1.82) is 0 Å². The summed E-state index contributed by atoms with van der Waals surface area (Å²) >= 11 is 0. The Morgan fingerprint density at radius 3 is 2.39 bits per heavy atom. The van der Waals surface area contributed by atoms with Gasteiger partial charge in [-0.25, -0.2) is 17.9 Å². The van der Waals surface area contributed by atoms with Crippen molar-refractivity contribution >= 4 is 5.91 Å². The third kappa shape index (κ3) is 5.27. The Morgan fingerprint density at radius 1 is 1.06 bits per heavy atom. The number of carbonyl (C=O) groups excluding carboxylic acids is 1. The molecule has 174 valence electrons. The van der Waals surface area contributed by atoms with Gasteiger partial charge in [0.15, 0.2) is 11.6 Å². The van der Waals surface area contributed by atoms with Gasteiger partial charge in [-0.3, -0.25) is 9.69 Å². The van der Waals surface area contributed by atoms with Gasteiger partial charge in [0.1, 0.15) is 5.82 Å². The fourth-order valence-electron chi connectivity index (χ4n) is 4.27. The zero-order valence-corrected chi connectivity index (χ0v) is 18.7. The number of aromatic nitrogens is 2. The van der Waals surface area contributed by atoms with Gasteiger partial charge in [-0.15, -0.1) is 0 Å². The molecule has 2 aromatic carbocycles. The maximum atomic E-state index is 13.5. The summed E-state index contributed by atoms with van der Waals surface area (Å²) < 4.78 is 41.6. The van der Waals surface area contributed by atoms with Gasteiger partial charge in [0.05, 0.1) is 23.1 Å². The van der Waals surface area contributed by atoms with Crippen LogP contribution >= 0.6 is 0 Å². The van der Waals surface area contributed by atoms with Crippen molar-refractivity contribution < 1.29 is 18.0 Å². The van der Waals surface area contributed by atoms with Gasteiger partial charge in [0.25, 0.3) is 5.91 Å². The molecule has 0 bridgehead atoms. The first-order valence-electron chi connectivity index (χ1n) is 11.1. The summed E-state index contributed by atoms with van der Waals surface area (Å²) in [5, 5.41) is 7.51. The molecule has 0 saturated carbocycles. The summed E-state index contributed by atoms with van der Waals surface area (Å²) in [4.78, 5) is 15.2. The minimum absolute atomic E-state index is 0.0212. The Bertz CT molecular complexity index is 1120. The fourth-order valence-corrected chi connectivity index (χ4v) is 4.27. The van der Waals surface area contributed by atoms with Crippen molar-refractivity contribution in [3.8, 4) is 5.69 Å². The van der Waals surface area contributed by atoms with Gasteiger partial charge in [-0.2, -0.15) is 5.10 Å². The monoisotopic (exact) mass is 456 g/mol. The van der Waals surface area contributed by atoms with Crippen LogP contribution in [0, 0.1) is 17.5 Å². The highest BCUT2D eigenvalue weighted by atomic mass is 19.2. The van der Waals surface area contributed by atoms with E-state index < -0.39 is 11.6 Å². The molecule has 1 aromatic heterocycles. The van der Waals surface area contributed by atoms with E-state index in [1.807, 2.05) is 13.8 Å². The van der Waals surface area contributed by atoms with E-state index in [-0.39, 0.29) is 23.7 Å². The summed E-state index contributed by atoms with van der Waals surface area (Å²) in [6.07, 6.45) is 3.09. The molecule has 1 N–H and O–H groups in total. The number of carbonyl (C=O) groups is 1. The molecule has 0 unspecified atom stereocenters. The number of nitrogens with one attached hydrogen (secondary N) is 1. The number of likely N-dealkylation sites (tertiary alicyclic amines) is 1. The Hall–Kier alpha value is -3.13. The van der Waals surface area contributed by atoms with Crippen LogP contribution in [0.2, 0.25) is 0 Å². The van der Waals surface area contributed by atoms with Crippen LogP contribution in [-0.4, -0.2) is 39.7 Å². The molecular weight excluding hydrogens is 429 g/mol. The van der Waals surface area contributed by atoms with Gasteiger partial charge in [-0.1, -0.05) is 19.9 Å². The van der Waals surface area contributed by atoms with Crippen molar-refractivity contribution in [3.05, 3.63) is 82.9 Å².